The normalized spacial score (nSPS) is 10.5. The van der Waals surface area contributed by atoms with Gasteiger partial charge in [-0.25, -0.2) is 0 Å². The van der Waals surface area contributed by atoms with Crippen molar-refractivity contribution in [3.8, 4) is 5.75 Å². The molecule has 0 spiro atoms. The highest BCUT2D eigenvalue weighted by atomic mass is 32.2. The van der Waals surface area contributed by atoms with Gasteiger partial charge in [0.05, 0.1) is 4.90 Å². The Morgan fingerprint density at radius 2 is 1.53 bits per heavy atom. The van der Waals surface area contributed by atoms with Crippen LogP contribution in [-0.4, -0.2) is 18.1 Å². The highest BCUT2D eigenvalue weighted by Crippen LogP contribution is 2.15. The number of hydrogen-bond acceptors (Lipinski definition) is 3. The Hall–Kier alpha value is -1.85. The Morgan fingerprint density at radius 3 is 1.89 bits per heavy atom. The fourth-order valence-electron chi connectivity index (χ4n) is 1.41. The molecule has 0 saturated heterocycles. The van der Waals surface area contributed by atoms with Crippen LogP contribution < -0.4 is 0 Å². The van der Waals surface area contributed by atoms with Crippen LogP contribution in [0.5, 0.6) is 5.75 Å². The highest BCUT2D eigenvalue weighted by molar-refractivity contribution is 7.85. The first-order chi connectivity index (χ1) is 8.80. The number of benzene rings is 2. The van der Waals surface area contributed by atoms with Crippen molar-refractivity contribution in [1.82, 2.24) is 0 Å². The maximum absolute atomic E-state index is 10.8. The van der Waals surface area contributed by atoms with Crippen molar-refractivity contribution in [3.63, 3.8) is 0 Å². The molecule has 0 saturated carbocycles. The Labute approximate surface area is 113 Å². The first kappa shape index (κ1) is 15.2. The monoisotopic (exact) mass is 280 g/mol. The molecule has 0 fully saturated rings. The Kier molecular flexibility index (Phi) is 5.09. The van der Waals surface area contributed by atoms with E-state index in [1.165, 1.54) is 6.07 Å². The molecule has 19 heavy (non-hydrogen) atoms. The summed E-state index contributed by atoms with van der Waals surface area (Å²) < 4.78 is 30.3. The second-order valence-corrected chi connectivity index (χ2v) is 5.47. The topological polar surface area (TPSA) is 74.6 Å². The number of aryl methyl sites for hydroxylation is 2. The molecular weight excluding hydrogens is 264 g/mol. The molecule has 2 rings (SSSR count). The summed E-state index contributed by atoms with van der Waals surface area (Å²) in [5.74, 6) is 0.322. The van der Waals surface area contributed by atoms with Gasteiger partial charge in [-0.1, -0.05) is 30.3 Å². The number of hydrogen-bond donors (Lipinski definition) is 2. The highest BCUT2D eigenvalue weighted by Gasteiger charge is 2.11. The lowest BCUT2D eigenvalue weighted by molar-refractivity contribution is 0.475. The van der Waals surface area contributed by atoms with Gasteiger partial charge in [0, 0.05) is 0 Å². The van der Waals surface area contributed by atoms with Gasteiger partial charge in [0.1, 0.15) is 5.75 Å². The predicted octanol–water partition coefficient (Wildman–Crippen LogP) is 2.94. The number of aromatic hydroxyl groups is 1. The Balaban J connectivity index is 0.000000218. The van der Waals surface area contributed by atoms with Crippen LogP contribution in [0.2, 0.25) is 0 Å². The molecule has 5 heteroatoms. The van der Waals surface area contributed by atoms with E-state index in [0.29, 0.717) is 11.3 Å². The minimum atomic E-state index is -4.06. The van der Waals surface area contributed by atoms with E-state index in [0.717, 1.165) is 5.56 Å². The zero-order valence-electron chi connectivity index (χ0n) is 10.7. The van der Waals surface area contributed by atoms with E-state index < -0.39 is 10.1 Å². The van der Waals surface area contributed by atoms with Gasteiger partial charge in [0.15, 0.2) is 0 Å². The van der Waals surface area contributed by atoms with Crippen LogP contribution in [0.15, 0.2) is 53.4 Å². The zero-order chi connectivity index (χ0) is 14.5. The summed E-state index contributed by atoms with van der Waals surface area (Å²) in [4.78, 5) is -0.0116. The van der Waals surface area contributed by atoms with Gasteiger partial charge in [-0.2, -0.15) is 8.42 Å². The maximum Gasteiger partial charge on any atom is 0.294 e. The van der Waals surface area contributed by atoms with Crippen LogP contribution in [-0.2, 0) is 10.1 Å². The summed E-state index contributed by atoms with van der Waals surface area (Å²) in [6, 6.07) is 13.6. The fourth-order valence-corrected chi connectivity index (χ4v) is 2.22. The third-order valence-corrected chi connectivity index (χ3v) is 3.37. The van der Waals surface area contributed by atoms with Gasteiger partial charge in [0.25, 0.3) is 10.1 Å². The smallest absolute Gasteiger partial charge is 0.294 e. The van der Waals surface area contributed by atoms with E-state index in [1.54, 1.807) is 50.2 Å². The first-order valence-corrected chi connectivity index (χ1v) is 7.03. The molecule has 0 aliphatic carbocycles. The second kappa shape index (κ2) is 6.36. The summed E-state index contributed by atoms with van der Waals surface area (Å²) in [5, 5.41) is 8.63. The molecule has 4 nitrogen and oxygen atoms in total. The molecule has 2 aromatic carbocycles. The van der Waals surface area contributed by atoms with E-state index in [9.17, 15) is 8.42 Å². The summed E-state index contributed by atoms with van der Waals surface area (Å²) in [7, 11) is -4.06. The molecule has 0 atom stereocenters. The molecule has 2 N–H and O–H groups in total. The predicted molar refractivity (Wildman–Crippen MR) is 73.8 cm³/mol. The summed E-state index contributed by atoms with van der Waals surface area (Å²) >= 11 is 0. The molecule has 0 bridgehead atoms. The van der Waals surface area contributed by atoms with E-state index in [1.807, 2.05) is 6.07 Å². The molecule has 0 aromatic heterocycles. The lowest BCUT2D eigenvalue weighted by atomic mass is 10.2. The van der Waals surface area contributed by atoms with Gasteiger partial charge in [-0.3, -0.25) is 4.55 Å². The Morgan fingerprint density at radius 1 is 0.947 bits per heavy atom. The average Bonchev–Trinajstić information content (AvgIpc) is 2.33. The van der Waals surface area contributed by atoms with Crippen LogP contribution in [0.4, 0.5) is 0 Å². The molecular formula is C14H16O4S. The van der Waals surface area contributed by atoms with Crippen LogP contribution >= 0.6 is 0 Å². The number of rotatable bonds is 1. The molecule has 0 radical (unpaired) electrons. The zero-order valence-corrected chi connectivity index (χ0v) is 11.6. The van der Waals surface area contributed by atoms with Crippen molar-refractivity contribution in [2.24, 2.45) is 0 Å². The van der Waals surface area contributed by atoms with Crippen molar-refractivity contribution in [3.05, 3.63) is 59.7 Å². The SMILES string of the molecule is Cc1ccc(C)c(S(=O)(=O)O)c1.Oc1ccccc1. The molecule has 0 aliphatic rings. The number of phenolic OH excluding ortho intramolecular Hbond substituents is 1. The van der Waals surface area contributed by atoms with Crippen LogP contribution in [0, 0.1) is 13.8 Å². The van der Waals surface area contributed by atoms with Crippen molar-refractivity contribution in [2.45, 2.75) is 18.7 Å². The van der Waals surface area contributed by atoms with Crippen molar-refractivity contribution < 1.29 is 18.1 Å². The molecule has 2 aromatic rings. The van der Waals surface area contributed by atoms with Crippen LogP contribution in [0.1, 0.15) is 11.1 Å². The largest absolute Gasteiger partial charge is 0.508 e. The molecule has 0 unspecified atom stereocenters. The third-order valence-electron chi connectivity index (χ3n) is 2.38. The van der Waals surface area contributed by atoms with E-state index >= 15 is 0 Å². The van der Waals surface area contributed by atoms with E-state index in [4.69, 9.17) is 9.66 Å². The van der Waals surface area contributed by atoms with Crippen molar-refractivity contribution in [2.75, 3.05) is 0 Å². The van der Waals surface area contributed by atoms with Gasteiger partial charge in [-0.15, -0.1) is 0 Å². The number of phenols is 1. The standard InChI is InChI=1S/C8H10O3S.C6H6O/c1-6-3-4-7(2)8(5-6)12(9,10)11;7-6-4-2-1-3-5-6/h3-5H,1-2H3,(H,9,10,11);1-5,7H. The lowest BCUT2D eigenvalue weighted by Gasteiger charge is -2.02. The maximum atomic E-state index is 10.8. The van der Waals surface area contributed by atoms with Crippen molar-refractivity contribution >= 4 is 10.1 Å². The van der Waals surface area contributed by atoms with Gasteiger partial charge >= 0.3 is 0 Å². The van der Waals surface area contributed by atoms with Gasteiger partial charge in [-0.05, 0) is 43.2 Å². The van der Waals surface area contributed by atoms with E-state index in [2.05, 4.69) is 0 Å². The first-order valence-electron chi connectivity index (χ1n) is 5.59. The minimum Gasteiger partial charge on any atom is -0.508 e. The minimum absolute atomic E-state index is 0.0116. The van der Waals surface area contributed by atoms with Gasteiger partial charge < -0.3 is 5.11 Å². The molecule has 102 valence electrons. The molecule has 0 aliphatic heterocycles. The van der Waals surface area contributed by atoms with Crippen LogP contribution in [0.3, 0.4) is 0 Å². The second-order valence-electron chi connectivity index (χ2n) is 4.08. The lowest BCUT2D eigenvalue weighted by Crippen LogP contribution is -2.00. The Bertz CT molecular complexity index is 634. The number of para-hydroxylation sites is 1. The van der Waals surface area contributed by atoms with Crippen LogP contribution in [0.25, 0.3) is 0 Å². The summed E-state index contributed by atoms with van der Waals surface area (Å²) in [5.41, 5.74) is 1.37. The average molecular weight is 280 g/mol. The fraction of sp³-hybridized carbons (Fsp3) is 0.143. The quantitative estimate of drug-likeness (QED) is 0.788. The molecule has 0 heterocycles. The summed E-state index contributed by atoms with van der Waals surface area (Å²) in [6.07, 6.45) is 0. The third kappa shape index (κ3) is 5.11. The van der Waals surface area contributed by atoms with E-state index in [-0.39, 0.29) is 4.90 Å². The van der Waals surface area contributed by atoms with Gasteiger partial charge in [0.2, 0.25) is 0 Å². The van der Waals surface area contributed by atoms with Crippen molar-refractivity contribution in [1.29, 1.82) is 0 Å². The summed E-state index contributed by atoms with van der Waals surface area (Å²) in [6.45, 7) is 3.41. The molecule has 0 amide bonds.